The second-order valence-electron chi connectivity index (χ2n) is 7.29. The third-order valence-electron chi connectivity index (χ3n) is 5.24. The van der Waals surface area contributed by atoms with Gasteiger partial charge < -0.3 is 9.30 Å². The molecule has 1 heterocycles. The summed E-state index contributed by atoms with van der Waals surface area (Å²) in [6.07, 6.45) is 0.599. The number of hydrogen-bond acceptors (Lipinski definition) is 2. The Hall–Kier alpha value is -3.33. The highest BCUT2D eigenvalue weighted by molar-refractivity contribution is 5.87. The van der Waals surface area contributed by atoms with E-state index in [0.29, 0.717) is 13.0 Å². The molecule has 29 heavy (non-hydrogen) atoms. The van der Waals surface area contributed by atoms with E-state index in [0.717, 1.165) is 27.8 Å². The molecule has 0 aliphatic rings. The van der Waals surface area contributed by atoms with Gasteiger partial charge in [0.1, 0.15) is 5.92 Å². The number of carbonyl (C=O) groups is 1. The molecule has 0 saturated carbocycles. The Morgan fingerprint density at radius 2 is 1.62 bits per heavy atom. The van der Waals surface area contributed by atoms with Crippen molar-refractivity contribution >= 4 is 16.9 Å². The van der Waals surface area contributed by atoms with E-state index in [1.807, 2.05) is 37.3 Å². The lowest BCUT2D eigenvalue weighted by Gasteiger charge is -2.19. The van der Waals surface area contributed by atoms with E-state index in [1.54, 1.807) is 0 Å². The van der Waals surface area contributed by atoms with Crippen LogP contribution in [0.5, 0.6) is 0 Å². The van der Waals surface area contributed by atoms with Crippen molar-refractivity contribution in [1.82, 2.24) is 4.57 Å². The Bertz CT molecular complexity index is 1110. The minimum atomic E-state index is -0.383. The SMILES string of the molecule is CCOC(=O)C(Cc1ccccc1)c1cc2ccccc2n1-c1ccc(C)cc1. The van der Waals surface area contributed by atoms with Gasteiger partial charge in [-0.15, -0.1) is 0 Å². The molecular formula is C26H25NO2. The Morgan fingerprint density at radius 1 is 0.931 bits per heavy atom. The number of benzene rings is 3. The molecule has 4 rings (SSSR count). The highest BCUT2D eigenvalue weighted by Crippen LogP contribution is 2.32. The van der Waals surface area contributed by atoms with Crippen LogP contribution < -0.4 is 0 Å². The van der Waals surface area contributed by atoms with Crippen molar-refractivity contribution in [3.05, 3.63) is 102 Å². The molecule has 0 N–H and O–H groups in total. The molecule has 0 aliphatic heterocycles. The summed E-state index contributed by atoms with van der Waals surface area (Å²) in [4.78, 5) is 13.0. The number of nitrogens with zero attached hydrogens (tertiary/aromatic N) is 1. The van der Waals surface area contributed by atoms with Gasteiger partial charge in [0.15, 0.2) is 0 Å². The molecule has 3 nitrogen and oxygen atoms in total. The first-order chi connectivity index (χ1) is 14.2. The van der Waals surface area contributed by atoms with Crippen molar-refractivity contribution in [2.45, 2.75) is 26.2 Å². The quantitative estimate of drug-likeness (QED) is 0.392. The normalized spacial score (nSPS) is 12.1. The highest BCUT2D eigenvalue weighted by atomic mass is 16.5. The summed E-state index contributed by atoms with van der Waals surface area (Å²) >= 11 is 0. The van der Waals surface area contributed by atoms with Gasteiger partial charge in [0.05, 0.1) is 12.1 Å². The van der Waals surface area contributed by atoms with Crippen LogP contribution in [0.25, 0.3) is 16.6 Å². The molecule has 0 aliphatic carbocycles. The van der Waals surface area contributed by atoms with E-state index >= 15 is 0 Å². The van der Waals surface area contributed by atoms with Gasteiger partial charge in [0.2, 0.25) is 0 Å². The zero-order valence-corrected chi connectivity index (χ0v) is 16.8. The minimum Gasteiger partial charge on any atom is -0.465 e. The van der Waals surface area contributed by atoms with Crippen molar-refractivity contribution in [3.63, 3.8) is 0 Å². The van der Waals surface area contributed by atoms with Crippen LogP contribution >= 0.6 is 0 Å². The van der Waals surface area contributed by atoms with Crippen molar-refractivity contribution < 1.29 is 9.53 Å². The largest absolute Gasteiger partial charge is 0.465 e. The van der Waals surface area contributed by atoms with Crippen LogP contribution in [0.1, 0.15) is 29.7 Å². The molecule has 0 fully saturated rings. The first kappa shape index (κ1) is 19.0. The molecule has 0 spiro atoms. The Kier molecular flexibility index (Phi) is 5.48. The maximum atomic E-state index is 13.0. The van der Waals surface area contributed by atoms with Crippen LogP contribution in [0, 0.1) is 6.92 Å². The van der Waals surface area contributed by atoms with Gasteiger partial charge in [-0.3, -0.25) is 4.79 Å². The van der Waals surface area contributed by atoms with E-state index < -0.39 is 0 Å². The zero-order valence-electron chi connectivity index (χ0n) is 16.8. The molecule has 3 aromatic carbocycles. The summed E-state index contributed by atoms with van der Waals surface area (Å²) in [5, 5.41) is 1.12. The fourth-order valence-corrected chi connectivity index (χ4v) is 3.82. The average Bonchev–Trinajstić information content (AvgIpc) is 3.12. The molecule has 1 aromatic heterocycles. The second kappa shape index (κ2) is 8.36. The third-order valence-corrected chi connectivity index (χ3v) is 5.24. The third kappa shape index (κ3) is 3.95. The number of ether oxygens (including phenoxy) is 1. The summed E-state index contributed by atoms with van der Waals surface area (Å²) in [7, 11) is 0. The van der Waals surface area contributed by atoms with E-state index in [2.05, 4.69) is 66.1 Å². The monoisotopic (exact) mass is 383 g/mol. The molecule has 0 radical (unpaired) electrons. The lowest BCUT2D eigenvalue weighted by atomic mass is 9.95. The van der Waals surface area contributed by atoms with E-state index in [-0.39, 0.29) is 11.9 Å². The van der Waals surface area contributed by atoms with Crippen LogP contribution in [-0.2, 0) is 16.0 Å². The summed E-state index contributed by atoms with van der Waals surface area (Å²) in [5.74, 6) is -0.571. The number of carbonyl (C=O) groups excluding carboxylic acids is 1. The van der Waals surface area contributed by atoms with Crippen LogP contribution in [0.3, 0.4) is 0 Å². The second-order valence-corrected chi connectivity index (χ2v) is 7.29. The minimum absolute atomic E-state index is 0.187. The van der Waals surface area contributed by atoms with Crippen molar-refractivity contribution in [2.75, 3.05) is 6.61 Å². The summed E-state index contributed by atoms with van der Waals surface area (Å²) in [6.45, 7) is 4.30. The van der Waals surface area contributed by atoms with Gasteiger partial charge in [-0.05, 0) is 50.1 Å². The fourth-order valence-electron chi connectivity index (χ4n) is 3.82. The fraction of sp³-hybridized carbons (Fsp3) is 0.192. The predicted molar refractivity (Wildman–Crippen MR) is 118 cm³/mol. The molecule has 4 aromatic rings. The Morgan fingerprint density at radius 3 is 2.34 bits per heavy atom. The number of aromatic nitrogens is 1. The smallest absolute Gasteiger partial charge is 0.315 e. The number of rotatable bonds is 6. The van der Waals surface area contributed by atoms with E-state index in [9.17, 15) is 4.79 Å². The first-order valence-corrected chi connectivity index (χ1v) is 10.1. The summed E-state index contributed by atoms with van der Waals surface area (Å²) in [6, 6.07) is 28.9. The Labute approximate surface area is 171 Å². The van der Waals surface area contributed by atoms with E-state index in [1.165, 1.54) is 5.56 Å². The Balaban J connectivity index is 1.89. The zero-order chi connectivity index (χ0) is 20.2. The lowest BCUT2D eigenvalue weighted by Crippen LogP contribution is -2.21. The van der Waals surface area contributed by atoms with Crippen molar-refractivity contribution in [2.24, 2.45) is 0 Å². The van der Waals surface area contributed by atoms with Gasteiger partial charge in [-0.2, -0.15) is 0 Å². The van der Waals surface area contributed by atoms with Gasteiger partial charge in [-0.1, -0.05) is 66.2 Å². The maximum Gasteiger partial charge on any atom is 0.315 e. The number of para-hydroxylation sites is 1. The number of fused-ring (bicyclic) bond motifs is 1. The van der Waals surface area contributed by atoms with Gasteiger partial charge in [0.25, 0.3) is 0 Å². The summed E-state index contributed by atoms with van der Waals surface area (Å²) in [5.41, 5.74) is 5.42. The van der Waals surface area contributed by atoms with Gasteiger partial charge in [0, 0.05) is 16.8 Å². The molecule has 0 bridgehead atoms. The van der Waals surface area contributed by atoms with Crippen LogP contribution in [-0.4, -0.2) is 17.1 Å². The van der Waals surface area contributed by atoms with E-state index in [4.69, 9.17) is 4.74 Å². The highest BCUT2D eigenvalue weighted by Gasteiger charge is 2.27. The number of hydrogen-bond donors (Lipinski definition) is 0. The first-order valence-electron chi connectivity index (χ1n) is 10.1. The predicted octanol–water partition coefficient (Wildman–Crippen LogP) is 5.83. The maximum absolute atomic E-state index is 13.0. The van der Waals surface area contributed by atoms with Gasteiger partial charge >= 0.3 is 5.97 Å². The van der Waals surface area contributed by atoms with Crippen LogP contribution in [0.2, 0.25) is 0 Å². The molecule has 1 unspecified atom stereocenters. The van der Waals surface area contributed by atoms with Crippen molar-refractivity contribution in [3.8, 4) is 5.69 Å². The topological polar surface area (TPSA) is 31.2 Å². The molecule has 3 heteroatoms. The van der Waals surface area contributed by atoms with Crippen LogP contribution in [0.15, 0.2) is 84.9 Å². The molecule has 146 valence electrons. The number of aryl methyl sites for hydroxylation is 1. The number of esters is 1. The molecular weight excluding hydrogens is 358 g/mol. The van der Waals surface area contributed by atoms with Crippen LogP contribution in [0.4, 0.5) is 0 Å². The molecule has 0 saturated heterocycles. The standard InChI is InChI=1S/C26H25NO2/c1-3-29-26(28)23(17-20-9-5-4-6-10-20)25-18-21-11-7-8-12-24(21)27(25)22-15-13-19(2)14-16-22/h4-16,18,23H,3,17H2,1-2H3. The van der Waals surface area contributed by atoms with Crippen molar-refractivity contribution in [1.29, 1.82) is 0 Å². The average molecular weight is 383 g/mol. The molecule has 0 amide bonds. The molecule has 1 atom stereocenters. The van der Waals surface area contributed by atoms with Gasteiger partial charge in [-0.25, -0.2) is 0 Å². The lowest BCUT2D eigenvalue weighted by molar-refractivity contribution is -0.145. The summed E-state index contributed by atoms with van der Waals surface area (Å²) < 4.78 is 7.68.